The fourth-order valence-corrected chi connectivity index (χ4v) is 5.92. The van der Waals surface area contributed by atoms with Crippen LogP contribution in [0.15, 0.2) is 12.2 Å². The number of aliphatic carboxylic acids is 1. The van der Waals surface area contributed by atoms with Gasteiger partial charge in [0.2, 0.25) is 11.8 Å². The number of allylic oxidation sites excluding steroid dienone is 2. The van der Waals surface area contributed by atoms with Crippen molar-refractivity contribution in [2.75, 3.05) is 13.2 Å². The van der Waals surface area contributed by atoms with Crippen LogP contribution < -0.4 is 10.6 Å². The molecule has 0 aromatic carbocycles. The third kappa shape index (κ3) is 35.3. The molecule has 1 atom stereocenters. The maximum absolute atomic E-state index is 12.9. The van der Waals surface area contributed by atoms with E-state index < -0.39 is 18.0 Å². The van der Waals surface area contributed by atoms with Crippen molar-refractivity contribution in [3.05, 3.63) is 12.2 Å². The number of nitrogens with one attached hydrogen (secondary N) is 2. The minimum atomic E-state index is -1.09. The molecular formula is C41H76N2O6. The van der Waals surface area contributed by atoms with Gasteiger partial charge < -0.3 is 20.5 Å². The molecule has 0 aromatic rings. The maximum atomic E-state index is 12.9. The lowest BCUT2D eigenvalue weighted by Gasteiger charge is -2.18. The number of carboxylic acid groups (broad SMARTS) is 1. The van der Waals surface area contributed by atoms with Crippen molar-refractivity contribution < 1.29 is 29.0 Å². The second-order valence-corrected chi connectivity index (χ2v) is 13.9. The van der Waals surface area contributed by atoms with Crippen LogP contribution in [0, 0.1) is 0 Å². The first kappa shape index (κ1) is 46.6. The van der Waals surface area contributed by atoms with Gasteiger partial charge in [-0.1, -0.05) is 161 Å². The maximum Gasteiger partial charge on any atom is 0.306 e. The lowest BCUT2D eigenvalue weighted by atomic mass is 10.0. The van der Waals surface area contributed by atoms with Gasteiger partial charge in [-0.25, -0.2) is 0 Å². The summed E-state index contributed by atoms with van der Waals surface area (Å²) >= 11 is 0. The summed E-state index contributed by atoms with van der Waals surface area (Å²) in [5.74, 6) is -2.40. The van der Waals surface area contributed by atoms with Gasteiger partial charge in [0, 0.05) is 13.0 Å². The summed E-state index contributed by atoms with van der Waals surface area (Å²) in [7, 11) is 0. The monoisotopic (exact) mass is 693 g/mol. The van der Waals surface area contributed by atoms with E-state index in [0.29, 0.717) is 13.0 Å². The topological polar surface area (TPSA) is 122 Å². The van der Waals surface area contributed by atoms with E-state index in [4.69, 9.17) is 9.84 Å². The molecule has 8 nitrogen and oxygen atoms in total. The number of amides is 2. The Hall–Kier alpha value is -2.38. The molecule has 0 rings (SSSR count). The second-order valence-electron chi connectivity index (χ2n) is 13.9. The molecule has 0 fully saturated rings. The van der Waals surface area contributed by atoms with Crippen LogP contribution >= 0.6 is 0 Å². The van der Waals surface area contributed by atoms with E-state index in [0.717, 1.165) is 57.8 Å². The van der Waals surface area contributed by atoms with Gasteiger partial charge >= 0.3 is 11.9 Å². The van der Waals surface area contributed by atoms with E-state index >= 15 is 0 Å². The standard InChI is InChI=1S/C41H76N2O6/c1-3-5-7-9-11-13-15-17-19-20-22-24-26-28-30-32-38(44)43-37(36-49-40(47)34-33-39(45)46)41(48)42-35-31-29-27-25-23-21-18-16-14-12-10-8-6-4-2/h17,19,37H,3-16,18,20-36H2,1-2H3,(H,42,48)(H,43,44)(H,45,46). The molecule has 8 heteroatoms. The van der Waals surface area contributed by atoms with Crippen molar-refractivity contribution in [1.82, 2.24) is 10.6 Å². The molecule has 0 aliphatic carbocycles. The predicted molar refractivity (Wildman–Crippen MR) is 203 cm³/mol. The van der Waals surface area contributed by atoms with Gasteiger partial charge in [-0.3, -0.25) is 19.2 Å². The predicted octanol–water partition coefficient (Wildman–Crippen LogP) is 10.5. The third-order valence-electron chi connectivity index (χ3n) is 9.10. The lowest BCUT2D eigenvalue weighted by molar-refractivity contribution is -0.149. The number of carboxylic acids is 1. The van der Waals surface area contributed by atoms with E-state index in [9.17, 15) is 19.2 Å². The summed E-state index contributed by atoms with van der Waals surface area (Å²) in [6.07, 6.45) is 37.3. The Morgan fingerprint density at radius 1 is 0.551 bits per heavy atom. The van der Waals surface area contributed by atoms with Gasteiger partial charge in [0.1, 0.15) is 12.6 Å². The first-order chi connectivity index (χ1) is 23.9. The summed E-state index contributed by atoms with van der Waals surface area (Å²) in [5, 5.41) is 14.4. The number of ether oxygens (including phenoxy) is 1. The molecule has 286 valence electrons. The zero-order valence-electron chi connectivity index (χ0n) is 31.8. The van der Waals surface area contributed by atoms with Crippen molar-refractivity contribution in [3.63, 3.8) is 0 Å². The molecule has 0 radical (unpaired) electrons. The highest BCUT2D eigenvalue weighted by atomic mass is 16.5. The van der Waals surface area contributed by atoms with Gasteiger partial charge in [-0.05, 0) is 38.5 Å². The van der Waals surface area contributed by atoms with Crippen LogP contribution in [-0.4, -0.2) is 48.1 Å². The zero-order chi connectivity index (χ0) is 36.0. The largest absolute Gasteiger partial charge is 0.481 e. The molecule has 0 spiro atoms. The third-order valence-corrected chi connectivity index (χ3v) is 9.10. The fourth-order valence-electron chi connectivity index (χ4n) is 5.92. The van der Waals surface area contributed by atoms with Crippen molar-refractivity contribution in [3.8, 4) is 0 Å². The first-order valence-corrected chi connectivity index (χ1v) is 20.5. The zero-order valence-corrected chi connectivity index (χ0v) is 31.8. The van der Waals surface area contributed by atoms with Crippen LogP contribution in [0.3, 0.4) is 0 Å². The highest BCUT2D eigenvalue weighted by Crippen LogP contribution is 2.13. The molecule has 0 aliphatic heterocycles. The second kappa shape index (κ2) is 36.9. The SMILES string of the molecule is CCCCCCCCC=CCCCCCCCC(=O)NC(COC(=O)CCC(=O)O)C(=O)NCCCCCCCCCCCCCCCC. The van der Waals surface area contributed by atoms with Gasteiger partial charge in [0.15, 0.2) is 0 Å². The molecule has 0 heterocycles. The molecule has 0 aromatic heterocycles. The quantitative estimate of drug-likeness (QED) is 0.0338. The average Bonchev–Trinajstić information content (AvgIpc) is 3.08. The smallest absolute Gasteiger partial charge is 0.306 e. The number of rotatable bonds is 37. The van der Waals surface area contributed by atoms with E-state index in [1.807, 2.05) is 0 Å². The first-order valence-electron chi connectivity index (χ1n) is 20.5. The number of unbranched alkanes of at least 4 members (excludes halogenated alkanes) is 24. The lowest BCUT2D eigenvalue weighted by Crippen LogP contribution is -2.49. The minimum absolute atomic E-state index is 0.240. The Kier molecular flexibility index (Phi) is 35.1. The molecule has 1 unspecified atom stereocenters. The highest BCUT2D eigenvalue weighted by molar-refractivity contribution is 5.88. The van der Waals surface area contributed by atoms with Gasteiger partial charge in [0.05, 0.1) is 12.8 Å². The van der Waals surface area contributed by atoms with E-state index in [1.54, 1.807) is 0 Å². The Morgan fingerprint density at radius 2 is 0.980 bits per heavy atom. The number of hydrogen-bond acceptors (Lipinski definition) is 5. The molecule has 0 saturated heterocycles. The fraction of sp³-hybridized carbons (Fsp3) is 0.854. The van der Waals surface area contributed by atoms with Crippen molar-refractivity contribution in [2.24, 2.45) is 0 Å². The van der Waals surface area contributed by atoms with Crippen molar-refractivity contribution >= 4 is 23.8 Å². The van der Waals surface area contributed by atoms with E-state index in [1.165, 1.54) is 116 Å². The summed E-state index contributed by atoms with van der Waals surface area (Å²) in [6.45, 7) is 4.70. The minimum Gasteiger partial charge on any atom is -0.481 e. The van der Waals surface area contributed by atoms with Gasteiger partial charge in [-0.2, -0.15) is 0 Å². The molecule has 0 saturated carbocycles. The van der Waals surface area contributed by atoms with E-state index in [2.05, 4.69) is 36.6 Å². The molecule has 2 amide bonds. The summed E-state index contributed by atoms with van der Waals surface area (Å²) in [6, 6.07) is -0.990. The van der Waals surface area contributed by atoms with Gasteiger partial charge in [-0.15, -0.1) is 0 Å². The van der Waals surface area contributed by atoms with Crippen LogP contribution in [0.5, 0.6) is 0 Å². The van der Waals surface area contributed by atoms with Crippen LogP contribution in [0.4, 0.5) is 0 Å². The summed E-state index contributed by atoms with van der Waals surface area (Å²) in [5.41, 5.74) is 0. The molecule has 3 N–H and O–H groups in total. The normalized spacial score (nSPS) is 11.9. The molecule has 0 aliphatic rings. The van der Waals surface area contributed by atoms with Crippen molar-refractivity contribution in [2.45, 2.75) is 213 Å². The summed E-state index contributed by atoms with van der Waals surface area (Å²) in [4.78, 5) is 48.3. The van der Waals surface area contributed by atoms with Gasteiger partial charge in [0.25, 0.3) is 0 Å². The number of hydrogen-bond donors (Lipinski definition) is 3. The molecular weight excluding hydrogens is 616 g/mol. The molecule has 0 bridgehead atoms. The Bertz CT molecular complexity index is 831. The van der Waals surface area contributed by atoms with Crippen molar-refractivity contribution in [1.29, 1.82) is 0 Å². The summed E-state index contributed by atoms with van der Waals surface area (Å²) < 4.78 is 5.15. The number of carbonyl (C=O) groups excluding carboxylic acids is 3. The molecule has 49 heavy (non-hydrogen) atoms. The van der Waals surface area contributed by atoms with Crippen LogP contribution in [0.25, 0.3) is 0 Å². The van der Waals surface area contributed by atoms with Crippen LogP contribution in [0.2, 0.25) is 0 Å². The Balaban J connectivity index is 4.17. The number of esters is 1. The average molecular weight is 693 g/mol. The van der Waals surface area contributed by atoms with Crippen LogP contribution in [-0.2, 0) is 23.9 Å². The van der Waals surface area contributed by atoms with Crippen LogP contribution in [0.1, 0.15) is 206 Å². The Morgan fingerprint density at radius 3 is 1.45 bits per heavy atom. The van der Waals surface area contributed by atoms with E-state index in [-0.39, 0.29) is 31.3 Å². The number of carbonyl (C=O) groups is 4. The highest BCUT2D eigenvalue weighted by Gasteiger charge is 2.22. The Labute approximate surface area is 300 Å².